The van der Waals surface area contributed by atoms with Crippen molar-refractivity contribution in [2.24, 2.45) is 7.05 Å². The minimum atomic E-state index is -0.201. The van der Waals surface area contributed by atoms with E-state index in [0.29, 0.717) is 5.39 Å². The number of carbonyl (C=O) groups excluding carboxylic acids is 1. The second-order valence-electron chi connectivity index (χ2n) is 8.32. The van der Waals surface area contributed by atoms with Gasteiger partial charge < -0.3 is 9.88 Å². The first-order valence-corrected chi connectivity index (χ1v) is 10.0. The van der Waals surface area contributed by atoms with Crippen LogP contribution in [0.4, 0.5) is 0 Å². The van der Waals surface area contributed by atoms with Crippen LogP contribution in [-0.4, -0.2) is 50.3 Å². The Balaban J connectivity index is 1.51. The summed E-state index contributed by atoms with van der Waals surface area (Å²) in [6.45, 7) is 6.15. The number of rotatable bonds is 5. The topological polar surface area (TPSA) is 72.2 Å². The van der Waals surface area contributed by atoms with Crippen molar-refractivity contribution in [1.82, 2.24) is 24.6 Å². The molecule has 7 heteroatoms. The summed E-state index contributed by atoms with van der Waals surface area (Å²) in [6, 6.07) is 2.71. The zero-order chi connectivity index (χ0) is 19.1. The first-order chi connectivity index (χ1) is 12.9. The number of hydrogen-bond donors (Lipinski definition) is 1. The Kier molecular flexibility index (Phi) is 4.80. The van der Waals surface area contributed by atoms with Gasteiger partial charge in [0.15, 0.2) is 0 Å². The number of piperidine rings is 1. The molecule has 2 aromatic rings. The quantitative estimate of drug-likeness (QED) is 0.867. The lowest BCUT2D eigenvalue weighted by Crippen LogP contribution is -2.49. The fraction of sp³-hybridized carbons (Fsp3) is 0.650. The summed E-state index contributed by atoms with van der Waals surface area (Å²) in [5.41, 5.74) is 1.51. The van der Waals surface area contributed by atoms with E-state index in [1.165, 1.54) is 17.5 Å². The predicted molar refractivity (Wildman–Crippen MR) is 105 cm³/mol. The van der Waals surface area contributed by atoms with Crippen LogP contribution in [0.3, 0.4) is 0 Å². The van der Waals surface area contributed by atoms with E-state index in [2.05, 4.69) is 29.2 Å². The zero-order valence-corrected chi connectivity index (χ0v) is 16.4. The highest BCUT2D eigenvalue weighted by Crippen LogP contribution is 2.29. The minimum absolute atomic E-state index is 0.0245. The van der Waals surface area contributed by atoms with E-state index in [1.54, 1.807) is 0 Å². The van der Waals surface area contributed by atoms with Crippen molar-refractivity contribution in [3.05, 3.63) is 28.3 Å². The van der Waals surface area contributed by atoms with Gasteiger partial charge in [0.2, 0.25) is 5.91 Å². The number of carbonyl (C=O) groups is 1. The van der Waals surface area contributed by atoms with E-state index >= 15 is 0 Å². The van der Waals surface area contributed by atoms with E-state index in [9.17, 15) is 9.59 Å². The molecule has 4 rings (SSSR count). The summed E-state index contributed by atoms with van der Waals surface area (Å²) < 4.78 is 3.26. The number of aromatic nitrogens is 3. The molecule has 0 radical (unpaired) electrons. The Bertz CT molecular complexity index is 909. The number of amides is 1. The normalized spacial score (nSPS) is 21.1. The first kappa shape index (κ1) is 18.2. The van der Waals surface area contributed by atoms with Crippen LogP contribution in [0.25, 0.3) is 10.9 Å². The first-order valence-electron chi connectivity index (χ1n) is 10.0. The number of hydrogen-bond acceptors (Lipinski definition) is 4. The van der Waals surface area contributed by atoms with Crippen LogP contribution >= 0.6 is 0 Å². The molecule has 1 aliphatic heterocycles. The number of nitrogens with one attached hydrogen (secondary N) is 1. The molecule has 3 heterocycles. The van der Waals surface area contributed by atoms with Crippen LogP contribution in [-0.2, 0) is 18.4 Å². The molecule has 0 bridgehead atoms. The second-order valence-corrected chi connectivity index (χ2v) is 8.32. The Morgan fingerprint density at radius 1 is 1.33 bits per heavy atom. The highest BCUT2D eigenvalue weighted by atomic mass is 16.2. The highest BCUT2D eigenvalue weighted by molar-refractivity contribution is 5.82. The summed E-state index contributed by atoms with van der Waals surface area (Å²) in [7, 11) is 1.92. The van der Waals surface area contributed by atoms with E-state index in [-0.39, 0.29) is 30.0 Å². The third-order valence-electron chi connectivity index (χ3n) is 5.73. The van der Waals surface area contributed by atoms with Crippen molar-refractivity contribution in [3.8, 4) is 0 Å². The van der Waals surface area contributed by atoms with Crippen LogP contribution in [0.2, 0.25) is 0 Å². The molecule has 1 N–H and O–H groups in total. The van der Waals surface area contributed by atoms with E-state index < -0.39 is 0 Å². The van der Waals surface area contributed by atoms with E-state index in [1.807, 2.05) is 23.9 Å². The molecule has 2 aliphatic rings. The standard InChI is InChI=1S/C20H29N5O2/c1-13(2)18-19-16(8-10-23(19)3)20(27)25(22-18)12-17(26)21-14-5-4-9-24(11-14)15-6-7-15/h8,10,13-15H,4-7,9,11-12H2,1-3H3,(H,21,26)/t14-/m1/s1. The maximum atomic E-state index is 12.8. The van der Waals surface area contributed by atoms with Crippen molar-refractivity contribution in [1.29, 1.82) is 0 Å². The summed E-state index contributed by atoms with van der Waals surface area (Å²) in [5.74, 6) is 0.0405. The summed E-state index contributed by atoms with van der Waals surface area (Å²) in [6.07, 6.45) is 6.57. The van der Waals surface area contributed by atoms with Gasteiger partial charge in [-0.05, 0) is 44.2 Å². The number of likely N-dealkylation sites (tertiary alicyclic amines) is 1. The summed E-state index contributed by atoms with van der Waals surface area (Å²) in [4.78, 5) is 27.9. The molecule has 146 valence electrons. The lowest BCUT2D eigenvalue weighted by atomic mass is 10.1. The molecule has 0 spiro atoms. The molecule has 2 fully saturated rings. The van der Waals surface area contributed by atoms with Crippen LogP contribution in [0.1, 0.15) is 51.1 Å². The molecule has 0 aromatic carbocycles. The van der Waals surface area contributed by atoms with Crippen molar-refractivity contribution in [2.45, 2.75) is 64.1 Å². The molecule has 7 nitrogen and oxygen atoms in total. The maximum Gasteiger partial charge on any atom is 0.276 e. The van der Waals surface area contributed by atoms with Gasteiger partial charge in [-0.25, -0.2) is 4.68 Å². The molecule has 27 heavy (non-hydrogen) atoms. The maximum absolute atomic E-state index is 12.8. The lowest BCUT2D eigenvalue weighted by Gasteiger charge is -2.33. The van der Waals surface area contributed by atoms with Gasteiger partial charge in [-0.1, -0.05) is 13.8 Å². The minimum Gasteiger partial charge on any atom is -0.350 e. The largest absolute Gasteiger partial charge is 0.350 e. The van der Waals surface area contributed by atoms with Gasteiger partial charge in [0.25, 0.3) is 5.56 Å². The van der Waals surface area contributed by atoms with Crippen molar-refractivity contribution in [2.75, 3.05) is 13.1 Å². The molecule has 1 saturated carbocycles. The fourth-order valence-electron chi connectivity index (χ4n) is 4.18. The third-order valence-corrected chi connectivity index (χ3v) is 5.73. The molecule has 0 unspecified atom stereocenters. The van der Waals surface area contributed by atoms with Gasteiger partial charge in [-0.2, -0.15) is 5.10 Å². The van der Waals surface area contributed by atoms with Gasteiger partial charge >= 0.3 is 0 Å². The summed E-state index contributed by atoms with van der Waals surface area (Å²) >= 11 is 0. The SMILES string of the molecule is CC(C)c1nn(CC(=O)N[C@@H]2CCCN(C3CC3)C2)c(=O)c2ccn(C)c12. The van der Waals surface area contributed by atoms with Gasteiger partial charge in [-0.3, -0.25) is 14.5 Å². The molecule has 1 aliphatic carbocycles. The Labute approximate surface area is 159 Å². The molecule has 1 amide bonds. The number of nitrogens with zero attached hydrogens (tertiary/aromatic N) is 4. The van der Waals surface area contributed by atoms with Crippen LogP contribution < -0.4 is 10.9 Å². The van der Waals surface area contributed by atoms with Crippen molar-refractivity contribution >= 4 is 16.8 Å². The predicted octanol–water partition coefficient (Wildman–Crippen LogP) is 1.60. The average Bonchev–Trinajstić information content (AvgIpc) is 3.41. The van der Waals surface area contributed by atoms with Crippen molar-refractivity contribution in [3.63, 3.8) is 0 Å². The third kappa shape index (κ3) is 3.65. The van der Waals surface area contributed by atoms with E-state index in [0.717, 1.165) is 43.2 Å². The molecular formula is C20H29N5O2. The Hall–Kier alpha value is -2.15. The fourth-order valence-corrected chi connectivity index (χ4v) is 4.18. The summed E-state index contributed by atoms with van der Waals surface area (Å²) in [5, 5.41) is 8.28. The molecule has 2 aromatic heterocycles. The second kappa shape index (κ2) is 7.11. The molecule has 1 saturated heterocycles. The monoisotopic (exact) mass is 371 g/mol. The van der Waals surface area contributed by atoms with Crippen LogP contribution in [0.15, 0.2) is 17.1 Å². The molecular weight excluding hydrogens is 342 g/mol. The number of aryl methyl sites for hydroxylation is 1. The lowest BCUT2D eigenvalue weighted by molar-refractivity contribution is -0.123. The Morgan fingerprint density at radius 3 is 2.81 bits per heavy atom. The van der Waals surface area contributed by atoms with Gasteiger partial charge in [-0.15, -0.1) is 0 Å². The molecule has 1 atom stereocenters. The van der Waals surface area contributed by atoms with Crippen LogP contribution in [0.5, 0.6) is 0 Å². The van der Waals surface area contributed by atoms with Gasteiger partial charge in [0.1, 0.15) is 6.54 Å². The number of fused-ring (bicyclic) bond motifs is 1. The zero-order valence-electron chi connectivity index (χ0n) is 16.4. The highest BCUT2D eigenvalue weighted by Gasteiger charge is 2.33. The van der Waals surface area contributed by atoms with Crippen molar-refractivity contribution < 1.29 is 4.79 Å². The van der Waals surface area contributed by atoms with Crippen LogP contribution in [0, 0.1) is 0 Å². The van der Waals surface area contributed by atoms with E-state index in [4.69, 9.17) is 0 Å². The Morgan fingerprint density at radius 2 is 2.11 bits per heavy atom. The van der Waals surface area contributed by atoms with Gasteiger partial charge in [0, 0.05) is 31.9 Å². The van der Waals surface area contributed by atoms with Gasteiger partial charge in [0.05, 0.1) is 16.6 Å². The smallest absolute Gasteiger partial charge is 0.276 e. The average molecular weight is 371 g/mol.